The van der Waals surface area contributed by atoms with Crippen LogP contribution in [0.25, 0.3) is 0 Å². The normalized spacial score (nSPS) is 16.9. The van der Waals surface area contributed by atoms with E-state index in [9.17, 15) is 4.79 Å². The molecular formula is C19H43NO2Si2. The molecule has 2 atom stereocenters. The predicted octanol–water partition coefficient (Wildman–Crippen LogP) is 5.89. The van der Waals surface area contributed by atoms with Gasteiger partial charge in [-0.15, -0.1) is 0 Å². The van der Waals surface area contributed by atoms with E-state index in [0.717, 1.165) is 6.42 Å². The molecular weight excluding hydrogens is 330 g/mol. The third-order valence-electron chi connectivity index (χ3n) is 6.72. The molecule has 0 rings (SSSR count). The van der Waals surface area contributed by atoms with E-state index in [4.69, 9.17) is 4.43 Å². The van der Waals surface area contributed by atoms with Gasteiger partial charge in [-0.25, -0.2) is 0 Å². The Morgan fingerprint density at radius 1 is 1.00 bits per heavy atom. The molecule has 0 aromatic heterocycles. The lowest BCUT2D eigenvalue weighted by atomic mass is 10.00. The summed E-state index contributed by atoms with van der Waals surface area (Å²) >= 11 is 0. The van der Waals surface area contributed by atoms with Gasteiger partial charge in [-0.1, -0.05) is 74.9 Å². The molecule has 0 radical (unpaired) electrons. The van der Waals surface area contributed by atoms with Crippen LogP contribution in [-0.4, -0.2) is 40.2 Å². The quantitative estimate of drug-likeness (QED) is 0.544. The number of carbonyl (C=O) groups excluding carboxylic acids is 1. The van der Waals surface area contributed by atoms with Gasteiger partial charge in [0.15, 0.2) is 0 Å². The molecule has 0 spiro atoms. The van der Waals surface area contributed by atoms with E-state index in [-0.39, 0.29) is 22.1 Å². The number of nitrogens with zero attached hydrogens (tertiary/aromatic N) is 1. The Hall–Kier alpha value is -0.136. The summed E-state index contributed by atoms with van der Waals surface area (Å²) in [6.45, 7) is 26.8. The molecule has 0 amide bonds. The topological polar surface area (TPSA) is 29.5 Å². The summed E-state index contributed by atoms with van der Waals surface area (Å²) in [5.41, 5.74) is 0. The molecule has 0 N–H and O–H groups in total. The Morgan fingerprint density at radius 3 is 1.71 bits per heavy atom. The Kier molecular flexibility index (Phi) is 7.58. The first-order valence-corrected chi connectivity index (χ1v) is 15.2. The highest BCUT2D eigenvalue weighted by Gasteiger charge is 2.48. The Balaban J connectivity index is 5.70. The van der Waals surface area contributed by atoms with Crippen molar-refractivity contribution < 1.29 is 9.22 Å². The summed E-state index contributed by atoms with van der Waals surface area (Å²) in [7, 11) is -1.75. The van der Waals surface area contributed by atoms with Crippen LogP contribution in [0.3, 0.4) is 0 Å². The summed E-state index contributed by atoms with van der Waals surface area (Å²) in [5.74, 6) is 0.282. The van der Waals surface area contributed by atoms with Crippen molar-refractivity contribution in [3.8, 4) is 0 Å². The van der Waals surface area contributed by atoms with Gasteiger partial charge in [-0.05, 0) is 36.1 Å². The molecule has 0 bridgehead atoms. The summed E-state index contributed by atoms with van der Waals surface area (Å²) in [5, 5.41) is 0.239. The lowest BCUT2D eigenvalue weighted by molar-refractivity contribution is -0.141. The second-order valence-corrected chi connectivity index (χ2v) is 20.5. The second-order valence-electron chi connectivity index (χ2n) is 10.4. The van der Waals surface area contributed by atoms with Crippen molar-refractivity contribution in [1.82, 2.24) is 4.57 Å². The van der Waals surface area contributed by atoms with Crippen LogP contribution in [0, 0.1) is 5.92 Å². The fourth-order valence-corrected chi connectivity index (χ4v) is 5.38. The van der Waals surface area contributed by atoms with Gasteiger partial charge < -0.3 is 8.99 Å². The first kappa shape index (κ1) is 23.9. The molecule has 0 aliphatic rings. The standard InChI is InChI=1S/C19H43NO2Si2/c1-14-15(2)16(20(9)23(10,11)18(3,4)5)17(21)22-24(12,13)19(6,7)8/h15-16H,14H2,1-13H3. The molecule has 144 valence electrons. The van der Waals surface area contributed by atoms with Crippen LogP contribution in [0.4, 0.5) is 0 Å². The number of hydrogen-bond acceptors (Lipinski definition) is 3. The first-order valence-electron chi connectivity index (χ1n) is 9.36. The van der Waals surface area contributed by atoms with E-state index in [0.29, 0.717) is 5.92 Å². The number of rotatable bonds is 6. The monoisotopic (exact) mass is 373 g/mol. The smallest absolute Gasteiger partial charge is 0.309 e. The van der Waals surface area contributed by atoms with Gasteiger partial charge in [-0.2, -0.15) is 0 Å². The zero-order chi connectivity index (χ0) is 19.7. The van der Waals surface area contributed by atoms with E-state index < -0.39 is 16.6 Å². The maximum absolute atomic E-state index is 13.2. The van der Waals surface area contributed by atoms with Crippen molar-refractivity contribution in [3.63, 3.8) is 0 Å². The lowest BCUT2D eigenvalue weighted by Gasteiger charge is -2.49. The molecule has 0 aromatic rings. The van der Waals surface area contributed by atoms with Crippen LogP contribution in [0.5, 0.6) is 0 Å². The second kappa shape index (κ2) is 7.62. The van der Waals surface area contributed by atoms with Crippen molar-refractivity contribution in [2.75, 3.05) is 7.05 Å². The van der Waals surface area contributed by atoms with E-state index >= 15 is 0 Å². The minimum absolute atomic E-state index is 0.0109. The summed E-state index contributed by atoms with van der Waals surface area (Å²) in [6, 6.07) is -0.148. The van der Waals surface area contributed by atoms with Crippen molar-refractivity contribution >= 4 is 22.5 Å². The number of likely N-dealkylation sites (N-methyl/N-ethyl adjacent to an activating group) is 1. The molecule has 2 unspecified atom stereocenters. The van der Waals surface area contributed by atoms with Crippen molar-refractivity contribution in [2.45, 2.75) is 104 Å². The molecule has 0 fully saturated rings. The van der Waals surface area contributed by atoms with E-state index in [2.05, 4.69) is 93.2 Å². The molecule has 3 nitrogen and oxygen atoms in total. The highest BCUT2D eigenvalue weighted by molar-refractivity contribution is 6.78. The fraction of sp³-hybridized carbons (Fsp3) is 0.947. The average Bonchev–Trinajstić information content (AvgIpc) is 2.34. The van der Waals surface area contributed by atoms with Crippen LogP contribution in [0.2, 0.25) is 36.3 Å². The van der Waals surface area contributed by atoms with Gasteiger partial charge in [0, 0.05) is 0 Å². The predicted molar refractivity (Wildman–Crippen MR) is 111 cm³/mol. The fourth-order valence-electron chi connectivity index (χ4n) is 2.34. The maximum atomic E-state index is 13.2. The molecule has 0 heterocycles. The number of carbonyl (C=O) groups is 1. The van der Waals surface area contributed by atoms with Crippen LogP contribution in [-0.2, 0) is 9.22 Å². The molecule has 0 saturated carbocycles. The van der Waals surface area contributed by atoms with Crippen LogP contribution < -0.4 is 0 Å². The van der Waals surface area contributed by atoms with Crippen LogP contribution in [0.15, 0.2) is 0 Å². The largest absolute Gasteiger partial charge is 0.518 e. The molecule has 0 aliphatic carbocycles. The van der Waals surface area contributed by atoms with Crippen molar-refractivity contribution in [2.24, 2.45) is 5.92 Å². The van der Waals surface area contributed by atoms with Gasteiger partial charge in [0.25, 0.3) is 8.32 Å². The van der Waals surface area contributed by atoms with Crippen LogP contribution >= 0.6 is 0 Å². The van der Waals surface area contributed by atoms with E-state index in [1.807, 2.05) is 0 Å². The highest BCUT2D eigenvalue weighted by atomic mass is 28.4. The molecule has 0 aliphatic heterocycles. The van der Waals surface area contributed by atoms with Gasteiger partial charge in [0.1, 0.15) is 14.3 Å². The zero-order valence-electron chi connectivity index (χ0n) is 18.6. The van der Waals surface area contributed by atoms with Gasteiger partial charge in [0.05, 0.1) is 0 Å². The van der Waals surface area contributed by atoms with Gasteiger partial charge in [-0.3, -0.25) is 4.79 Å². The van der Waals surface area contributed by atoms with Crippen molar-refractivity contribution in [3.05, 3.63) is 0 Å². The molecule has 24 heavy (non-hydrogen) atoms. The average molecular weight is 374 g/mol. The minimum Gasteiger partial charge on any atom is -0.518 e. The van der Waals surface area contributed by atoms with Crippen LogP contribution in [0.1, 0.15) is 61.8 Å². The molecule has 0 aromatic carbocycles. The lowest BCUT2D eigenvalue weighted by Crippen LogP contribution is -2.62. The third-order valence-corrected chi connectivity index (χ3v) is 16.8. The molecule has 5 heteroatoms. The van der Waals surface area contributed by atoms with E-state index in [1.54, 1.807) is 0 Å². The Labute approximate surface area is 153 Å². The third kappa shape index (κ3) is 5.18. The highest BCUT2D eigenvalue weighted by Crippen LogP contribution is 2.41. The minimum atomic E-state index is -2.10. The molecule has 0 saturated heterocycles. The van der Waals surface area contributed by atoms with E-state index in [1.165, 1.54) is 0 Å². The summed E-state index contributed by atoms with van der Waals surface area (Å²) < 4.78 is 8.58. The summed E-state index contributed by atoms with van der Waals surface area (Å²) in [4.78, 5) is 13.2. The summed E-state index contributed by atoms with van der Waals surface area (Å²) in [6.07, 6.45) is 0.982. The Bertz CT molecular complexity index is 434. The van der Waals surface area contributed by atoms with Gasteiger partial charge in [0.2, 0.25) is 0 Å². The van der Waals surface area contributed by atoms with Gasteiger partial charge >= 0.3 is 5.97 Å². The SMILES string of the molecule is CCC(C)C(C(=O)O[Si](C)(C)C(C)(C)C)N(C)[Si](C)(C)C(C)(C)C. The zero-order valence-corrected chi connectivity index (χ0v) is 20.6. The number of hydrogen-bond donors (Lipinski definition) is 0. The Morgan fingerprint density at radius 2 is 1.42 bits per heavy atom. The first-order chi connectivity index (χ1) is 10.4. The maximum Gasteiger partial charge on any atom is 0.309 e. The van der Waals surface area contributed by atoms with Crippen molar-refractivity contribution in [1.29, 1.82) is 0 Å².